The molecule has 4 heterocycles. The molecule has 1 amide bonds. The van der Waals surface area contributed by atoms with Crippen molar-refractivity contribution in [2.75, 3.05) is 13.1 Å². The summed E-state index contributed by atoms with van der Waals surface area (Å²) >= 11 is 11.2. The van der Waals surface area contributed by atoms with Crippen LogP contribution >= 0.6 is 23.8 Å². The molecule has 6 nitrogen and oxygen atoms in total. The lowest BCUT2D eigenvalue weighted by Gasteiger charge is -2.43. The number of carbonyl (C=O) groups is 1. The number of amides is 1. The number of hydrogen-bond donors (Lipinski definition) is 1. The van der Waals surface area contributed by atoms with E-state index in [4.69, 9.17) is 23.8 Å². The zero-order valence-corrected chi connectivity index (χ0v) is 15.5. The zero-order valence-electron chi connectivity index (χ0n) is 13.9. The van der Waals surface area contributed by atoms with Crippen molar-refractivity contribution in [3.63, 3.8) is 0 Å². The first-order chi connectivity index (χ1) is 12.5. The van der Waals surface area contributed by atoms with Crippen LogP contribution in [0.25, 0.3) is 0 Å². The van der Waals surface area contributed by atoms with Crippen LogP contribution in [-0.4, -0.2) is 38.6 Å². The van der Waals surface area contributed by atoms with Gasteiger partial charge in [-0.1, -0.05) is 17.7 Å². The van der Waals surface area contributed by atoms with Crippen molar-refractivity contribution in [2.24, 2.45) is 5.92 Å². The molecule has 2 aromatic rings. The first-order valence-electron chi connectivity index (χ1n) is 8.43. The number of nitrogens with zero attached hydrogens (tertiary/aromatic N) is 3. The van der Waals surface area contributed by atoms with Crippen molar-refractivity contribution >= 4 is 34.8 Å². The van der Waals surface area contributed by atoms with Crippen molar-refractivity contribution in [3.8, 4) is 0 Å². The summed E-state index contributed by atoms with van der Waals surface area (Å²) in [6.07, 6.45) is 2.46. The van der Waals surface area contributed by atoms with E-state index in [1.165, 1.54) is 6.20 Å². The highest BCUT2D eigenvalue weighted by Crippen LogP contribution is 2.34. The highest BCUT2D eigenvalue weighted by molar-refractivity contribution is 7.80. The van der Waals surface area contributed by atoms with Crippen LogP contribution in [0.5, 0.6) is 0 Å². The van der Waals surface area contributed by atoms with Crippen LogP contribution in [-0.2, 0) is 6.54 Å². The van der Waals surface area contributed by atoms with Gasteiger partial charge in [-0.2, -0.15) is 0 Å². The third-order valence-corrected chi connectivity index (χ3v) is 5.56. The second-order valence-corrected chi connectivity index (χ2v) is 7.51. The number of rotatable bonds is 1. The Morgan fingerprint density at radius 3 is 2.85 bits per heavy atom. The average Bonchev–Trinajstić information content (AvgIpc) is 2.63. The molecule has 2 bridgehead atoms. The minimum Gasteiger partial charge on any atom is -0.348 e. The van der Waals surface area contributed by atoms with Crippen molar-refractivity contribution in [2.45, 2.75) is 18.9 Å². The first-order valence-corrected chi connectivity index (χ1v) is 9.21. The van der Waals surface area contributed by atoms with Crippen molar-refractivity contribution in [1.29, 1.82) is 0 Å². The maximum absolute atomic E-state index is 12.3. The summed E-state index contributed by atoms with van der Waals surface area (Å²) in [6, 6.07) is 8.60. The predicted molar refractivity (Wildman–Crippen MR) is 102 cm³/mol. The molecule has 2 aliphatic heterocycles. The van der Waals surface area contributed by atoms with Gasteiger partial charge in [0.1, 0.15) is 5.15 Å². The van der Waals surface area contributed by atoms with E-state index >= 15 is 0 Å². The quantitative estimate of drug-likeness (QED) is 0.598. The molecule has 0 aromatic carbocycles. The number of fused-ring (bicyclic) bond motifs is 4. The summed E-state index contributed by atoms with van der Waals surface area (Å²) in [7, 11) is 0. The maximum atomic E-state index is 12.3. The predicted octanol–water partition coefficient (Wildman–Crippen LogP) is 2.03. The highest BCUT2D eigenvalue weighted by atomic mass is 35.5. The molecular weight excluding hydrogens is 372 g/mol. The van der Waals surface area contributed by atoms with Gasteiger partial charge in [0.05, 0.1) is 5.56 Å². The van der Waals surface area contributed by atoms with Gasteiger partial charge >= 0.3 is 0 Å². The Bertz CT molecular complexity index is 928. The van der Waals surface area contributed by atoms with Crippen LogP contribution in [0.2, 0.25) is 5.15 Å². The molecule has 0 saturated carbocycles. The molecule has 8 heteroatoms. The van der Waals surface area contributed by atoms with Gasteiger partial charge in [-0.15, -0.1) is 0 Å². The standard InChI is InChI=1S/C18H17ClN4O2S/c19-15-5-4-12(7-20-15)17(25)21-18(26)22-8-11-6-13(10-22)14-2-1-3-16(24)23(14)9-11/h1-5,7,11,13H,6,8-10H2,(H,21,25,26)/t11-,13+/m1/s1. The van der Waals surface area contributed by atoms with Crippen LogP contribution in [0.15, 0.2) is 41.3 Å². The summed E-state index contributed by atoms with van der Waals surface area (Å²) in [5, 5.41) is 3.52. The molecule has 1 N–H and O–H groups in total. The lowest BCUT2D eigenvalue weighted by molar-refractivity contribution is 0.0967. The number of carbonyl (C=O) groups excluding carboxylic acids is 1. The van der Waals surface area contributed by atoms with Gasteiger partial charge < -0.3 is 9.47 Å². The van der Waals surface area contributed by atoms with Gasteiger partial charge in [0.15, 0.2) is 5.11 Å². The van der Waals surface area contributed by atoms with Gasteiger partial charge in [-0.05, 0) is 42.8 Å². The molecule has 2 atom stereocenters. The molecule has 2 aliphatic rings. The molecule has 1 saturated heterocycles. The first kappa shape index (κ1) is 17.2. The van der Waals surface area contributed by atoms with E-state index in [-0.39, 0.29) is 17.4 Å². The van der Waals surface area contributed by atoms with E-state index in [2.05, 4.69) is 10.3 Å². The van der Waals surface area contributed by atoms with Gasteiger partial charge in [0, 0.05) is 43.5 Å². The molecule has 1 fully saturated rings. The van der Waals surface area contributed by atoms with Crippen LogP contribution in [0.3, 0.4) is 0 Å². The van der Waals surface area contributed by atoms with Gasteiger partial charge in [-0.25, -0.2) is 4.98 Å². The third kappa shape index (κ3) is 3.24. The molecular formula is C18H17ClN4O2S. The number of aromatic nitrogens is 2. The fourth-order valence-electron chi connectivity index (χ4n) is 3.82. The van der Waals surface area contributed by atoms with Crippen molar-refractivity contribution in [1.82, 2.24) is 19.8 Å². The molecule has 0 aliphatic carbocycles. The smallest absolute Gasteiger partial charge is 0.258 e. The zero-order chi connectivity index (χ0) is 18.3. The van der Waals surface area contributed by atoms with E-state index in [9.17, 15) is 9.59 Å². The summed E-state index contributed by atoms with van der Waals surface area (Å²) < 4.78 is 1.87. The average molecular weight is 389 g/mol. The lowest BCUT2D eigenvalue weighted by Crippen LogP contribution is -2.52. The van der Waals surface area contributed by atoms with E-state index in [1.54, 1.807) is 24.3 Å². The number of halogens is 1. The summed E-state index contributed by atoms with van der Waals surface area (Å²) in [5.41, 5.74) is 1.51. The molecule has 0 spiro atoms. The van der Waals surface area contributed by atoms with Crippen molar-refractivity contribution in [3.05, 3.63) is 63.3 Å². The monoisotopic (exact) mass is 388 g/mol. The molecule has 26 heavy (non-hydrogen) atoms. The minimum atomic E-state index is -0.300. The van der Waals surface area contributed by atoms with E-state index in [1.807, 2.05) is 15.5 Å². The normalized spacial score (nSPS) is 21.0. The number of nitrogens with one attached hydrogen (secondary N) is 1. The van der Waals surface area contributed by atoms with E-state index in [0.717, 1.165) is 18.7 Å². The number of thiocarbonyl (C=S) groups is 1. The fourth-order valence-corrected chi connectivity index (χ4v) is 4.17. The number of likely N-dealkylation sites (tertiary alicyclic amines) is 1. The maximum Gasteiger partial charge on any atom is 0.258 e. The SMILES string of the molecule is O=C(NC(=S)N1C[C@H]2C[C@@H](C1)c1cccc(=O)n1C2)c1ccc(Cl)nc1. The Labute approximate surface area is 160 Å². The molecule has 2 aromatic heterocycles. The Morgan fingerprint density at radius 2 is 2.08 bits per heavy atom. The fraction of sp³-hybridized carbons (Fsp3) is 0.333. The largest absolute Gasteiger partial charge is 0.348 e. The van der Waals surface area contributed by atoms with E-state index in [0.29, 0.717) is 34.8 Å². The Balaban J connectivity index is 1.48. The molecule has 0 unspecified atom stereocenters. The highest BCUT2D eigenvalue weighted by Gasteiger charge is 2.35. The van der Waals surface area contributed by atoms with E-state index < -0.39 is 0 Å². The van der Waals surface area contributed by atoms with Crippen LogP contribution in [0.1, 0.15) is 28.4 Å². The van der Waals surface area contributed by atoms with Gasteiger partial charge in [0.2, 0.25) is 0 Å². The molecule has 4 rings (SSSR count). The topological polar surface area (TPSA) is 67.2 Å². The molecule has 134 valence electrons. The lowest BCUT2D eigenvalue weighted by atomic mass is 9.83. The van der Waals surface area contributed by atoms with Crippen LogP contribution < -0.4 is 10.9 Å². The Morgan fingerprint density at radius 1 is 1.23 bits per heavy atom. The summed E-state index contributed by atoms with van der Waals surface area (Å²) in [6.45, 7) is 2.12. The second kappa shape index (κ2) is 6.81. The number of piperidine rings is 1. The van der Waals surface area contributed by atoms with Crippen LogP contribution in [0, 0.1) is 5.92 Å². The minimum absolute atomic E-state index is 0.0526. The summed E-state index contributed by atoms with van der Waals surface area (Å²) in [5.74, 6) is 0.281. The number of pyridine rings is 2. The van der Waals surface area contributed by atoms with Gasteiger partial charge in [-0.3, -0.25) is 14.9 Å². The van der Waals surface area contributed by atoms with Crippen LogP contribution in [0.4, 0.5) is 0 Å². The second-order valence-electron chi connectivity index (χ2n) is 6.73. The third-order valence-electron chi connectivity index (χ3n) is 4.98. The Hall–Kier alpha value is -2.25. The summed E-state index contributed by atoms with van der Waals surface area (Å²) in [4.78, 5) is 30.4. The Kier molecular flexibility index (Phi) is 4.50. The molecule has 0 radical (unpaired) electrons. The number of hydrogen-bond acceptors (Lipinski definition) is 4. The van der Waals surface area contributed by atoms with Gasteiger partial charge in [0.25, 0.3) is 11.5 Å². The van der Waals surface area contributed by atoms with Crippen molar-refractivity contribution < 1.29 is 4.79 Å².